The molecule has 0 saturated heterocycles. The van der Waals surface area contributed by atoms with Gasteiger partial charge in [0, 0.05) is 5.69 Å². The molecule has 0 aliphatic rings. The van der Waals surface area contributed by atoms with Crippen molar-refractivity contribution in [1.82, 2.24) is 4.57 Å². The van der Waals surface area contributed by atoms with Crippen molar-refractivity contribution in [3.63, 3.8) is 0 Å². The maximum Gasteiger partial charge on any atom is 0.490 e. The Kier molecular flexibility index (Phi) is 11.2. The number of halogens is 4. The minimum atomic E-state index is -5.08. The molecule has 13 nitrogen and oxygen atoms in total. The van der Waals surface area contributed by atoms with Crippen molar-refractivity contribution in [2.24, 2.45) is 22.4 Å². The molecule has 216 valence electrons. The van der Waals surface area contributed by atoms with E-state index >= 15 is 0 Å². The summed E-state index contributed by atoms with van der Waals surface area (Å²) in [6.07, 6.45) is -5.87. The maximum absolute atomic E-state index is 13.2. The number of anilines is 1. The highest BCUT2D eigenvalue weighted by Gasteiger charge is 2.38. The third kappa shape index (κ3) is 8.78. The Morgan fingerprint density at radius 3 is 2.18 bits per heavy atom. The van der Waals surface area contributed by atoms with Gasteiger partial charge < -0.3 is 27.1 Å². The summed E-state index contributed by atoms with van der Waals surface area (Å²) in [7, 11) is -4.22. The van der Waals surface area contributed by atoms with Crippen LogP contribution in [0.1, 0.15) is 30.6 Å². The Balaban J connectivity index is 0.000000956. The van der Waals surface area contributed by atoms with Crippen LogP contribution in [0, 0.1) is 13.8 Å². The van der Waals surface area contributed by atoms with Crippen LogP contribution in [-0.4, -0.2) is 48.2 Å². The van der Waals surface area contributed by atoms with E-state index in [1.54, 1.807) is 32.9 Å². The number of nitrogens with two attached hydrogens (primary N) is 3. The molecule has 1 aromatic carbocycles. The van der Waals surface area contributed by atoms with Gasteiger partial charge in [-0.25, -0.2) is 13.2 Å². The lowest BCUT2D eigenvalue weighted by atomic mass is 10.1. The van der Waals surface area contributed by atoms with Gasteiger partial charge in [0.1, 0.15) is 10.6 Å². The number of benzene rings is 1. The number of pyridine rings is 1. The molecular weight excluding hydrogens is 573 g/mol. The lowest BCUT2D eigenvalue weighted by Gasteiger charge is -2.26. The van der Waals surface area contributed by atoms with Gasteiger partial charge in [-0.1, -0.05) is 30.7 Å². The highest BCUT2D eigenvalue weighted by Crippen LogP contribution is 2.27. The van der Waals surface area contributed by atoms with E-state index < -0.39 is 45.8 Å². The molecule has 2 rings (SSSR count). The van der Waals surface area contributed by atoms with Gasteiger partial charge in [-0.15, -0.1) is 0 Å². The molecular formula is C21H26ClF3N6O7S. The third-order valence-corrected chi connectivity index (χ3v) is 6.85. The summed E-state index contributed by atoms with van der Waals surface area (Å²) in [5.41, 5.74) is 15.7. The predicted molar refractivity (Wildman–Crippen MR) is 135 cm³/mol. The summed E-state index contributed by atoms with van der Waals surface area (Å²) in [5.74, 6) is -4.03. The molecule has 0 aliphatic heterocycles. The minimum Gasteiger partial charge on any atom is -0.475 e. The third-order valence-electron chi connectivity index (χ3n) is 4.86. The van der Waals surface area contributed by atoms with Gasteiger partial charge in [-0.05, 0) is 49.2 Å². The van der Waals surface area contributed by atoms with Gasteiger partial charge in [0.2, 0.25) is 11.9 Å². The molecule has 2 aromatic rings. The molecule has 18 heteroatoms. The number of carbonyl (C=O) groups is 2. The summed E-state index contributed by atoms with van der Waals surface area (Å²) in [5, 5.41) is 10.6. The van der Waals surface area contributed by atoms with Crippen LogP contribution in [0.5, 0.6) is 0 Å². The first kappa shape index (κ1) is 33.0. The van der Waals surface area contributed by atoms with Crippen molar-refractivity contribution in [1.29, 1.82) is 0 Å². The van der Waals surface area contributed by atoms with Gasteiger partial charge in [-0.2, -0.15) is 13.2 Å². The first-order valence-corrected chi connectivity index (χ1v) is 12.6. The number of nitrogens with zero attached hydrogens (tertiary/aromatic N) is 2. The van der Waals surface area contributed by atoms with E-state index in [1.807, 2.05) is 0 Å². The number of aliphatic carboxylic acids is 1. The van der Waals surface area contributed by atoms with E-state index in [9.17, 15) is 31.2 Å². The fourth-order valence-corrected chi connectivity index (χ4v) is 5.07. The zero-order valence-electron chi connectivity index (χ0n) is 20.7. The van der Waals surface area contributed by atoms with Gasteiger partial charge >= 0.3 is 12.1 Å². The van der Waals surface area contributed by atoms with E-state index in [1.165, 1.54) is 18.2 Å². The minimum absolute atomic E-state index is 0.00312. The summed E-state index contributed by atoms with van der Waals surface area (Å²) in [4.78, 5) is 39.4. The number of aryl methyl sites for hydroxylation is 2. The van der Waals surface area contributed by atoms with E-state index in [-0.39, 0.29) is 28.0 Å². The molecule has 0 radical (unpaired) electrons. The first-order chi connectivity index (χ1) is 17.8. The van der Waals surface area contributed by atoms with Crippen LogP contribution >= 0.6 is 11.6 Å². The fraction of sp³-hybridized carbons (Fsp3) is 0.333. The quantitative estimate of drug-likeness (QED) is 0.160. The van der Waals surface area contributed by atoms with Crippen LogP contribution in [-0.2, 0) is 24.4 Å². The Labute approximate surface area is 225 Å². The monoisotopic (exact) mass is 598 g/mol. The number of amides is 1. The molecule has 1 heterocycles. The van der Waals surface area contributed by atoms with Crippen molar-refractivity contribution in [3.05, 3.63) is 57.0 Å². The number of hydrogen-bond acceptors (Lipinski definition) is 7. The zero-order valence-corrected chi connectivity index (χ0v) is 22.3. The largest absolute Gasteiger partial charge is 0.490 e. The second kappa shape index (κ2) is 13.2. The standard InChI is InChI=1S/C19H25ClN6O5S.C2HF3O2/c1-4-14(31-24-19(22)23)15(17(21)27)26-11(3)8-9-13(18(26)28)25-32(29,30)16-10(2)6-5-7-12(16)20;3-2(4,5)1(6)7/h5-9,14-15,25H,4H2,1-3H3,(H2,21,27)(H4,22,23,24);(H,6,7). The smallest absolute Gasteiger partial charge is 0.475 e. The highest BCUT2D eigenvalue weighted by molar-refractivity contribution is 7.92. The molecule has 0 saturated carbocycles. The van der Waals surface area contributed by atoms with E-state index in [0.29, 0.717) is 11.3 Å². The normalized spacial score (nSPS) is 12.8. The van der Waals surface area contributed by atoms with Crippen LogP contribution < -0.4 is 27.5 Å². The predicted octanol–water partition coefficient (Wildman–Crippen LogP) is 1.56. The molecule has 2 unspecified atom stereocenters. The Morgan fingerprint density at radius 2 is 1.74 bits per heavy atom. The number of guanidine groups is 1. The lowest BCUT2D eigenvalue weighted by Crippen LogP contribution is -2.43. The number of hydrogen-bond donors (Lipinski definition) is 5. The topological polar surface area (TPSA) is 222 Å². The molecule has 39 heavy (non-hydrogen) atoms. The van der Waals surface area contributed by atoms with Gasteiger partial charge in [0.05, 0.1) is 5.02 Å². The second-order valence-electron chi connectivity index (χ2n) is 7.77. The average molecular weight is 599 g/mol. The maximum atomic E-state index is 13.2. The van der Waals surface area contributed by atoms with Crippen molar-refractivity contribution >= 4 is 45.1 Å². The van der Waals surface area contributed by atoms with Crippen LogP contribution in [0.4, 0.5) is 18.9 Å². The van der Waals surface area contributed by atoms with E-state index in [2.05, 4.69) is 9.88 Å². The summed E-state index contributed by atoms with van der Waals surface area (Å²) in [6, 6.07) is 6.03. The molecule has 2 atom stereocenters. The summed E-state index contributed by atoms with van der Waals surface area (Å²) < 4.78 is 60.9. The number of sulfonamides is 1. The lowest BCUT2D eigenvalue weighted by molar-refractivity contribution is -0.192. The molecule has 1 amide bonds. The van der Waals surface area contributed by atoms with E-state index in [0.717, 1.165) is 4.57 Å². The number of nitrogens with one attached hydrogen (secondary N) is 1. The van der Waals surface area contributed by atoms with Gasteiger partial charge in [0.25, 0.3) is 15.6 Å². The van der Waals surface area contributed by atoms with Crippen molar-refractivity contribution in [2.75, 3.05) is 4.72 Å². The van der Waals surface area contributed by atoms with Gasteiger partial charge in [-0.3, -0.25) is 18.9 Å². The number of carboxylic acid groups (broad SMARTS) is 1. The number of carbonyl (C=O) groups excluding carboxylic acids is 1. The molecule has 0 bridgehead atoms. The van der Waals surface area contributed by atoms with Crippen LogP contribution in [0.15, 0.2) is 45.2 Å². The average Bonchev–Trinajstić information content (AvgIpc) is 2.79. The van der Waals surface area contributed by atoms with Crippen molar-refractivity contribution < 1.29 is 41.1 Å². The fourth-order valence-electron chi connectivity index (χ4n) is 3.18. The molecule has 0 fully saturated rings. The molecule has 1 aromatic heterocycles. The van der Waals surface area contributed by atoms with Crippen molar-refractivity contribution in [2.45, 2.75) is 50.4 Å². The number of carboxylic acids is 1. The first-order valence-electron chi connectivity index (χ1n) is 10.7. The Hall–Kier alpha value is -3.99. The number of primary amides is 1. The number of aromatic nitrogens is 1. The molecule has 0 aliphatic carbocycles. The van der Waals surface area contributed by atoms with Crippen LogP contribution in [0.3, 0.4) is 0 Å². The number of rotatable bonds is 9. The second-order valence-corrected chi connectivity index (χ2v) is 9.80. The number of alkyl halides is 3. The van der Waals surface area contributed by atoms with Crippen LogP contribution in [0.25, 0.3) is 0 Å². The Bertz CT molecular complexity index is 1390. The summed E-state index contributed by atoms with van der Waals surface area (Å²) >= 11 is 6.08. The zero-order chi connectivity index (χ0) is 30.3. The SMILES string of the molecule is CCC(ON=C(N)N)C(C(N)=O)n1c(C)ccc(NS(=O)(=O)c2c(C)cccc2Cl)c1=O.O=C(O)C(F)(F)F. The van der Waals surface area contributed by atoms with E-state index in [4.69, 9.17) is 43.5 Å². The summed E-state index contributed by atoms with van der Waals surface area (Å²) in [6.45, 7) is 4.81. The van der Waals surface area contributed by atoms with Crippen molar-refractivity contribution in [3.8, 4) is 0 Å². The molecule has 0 spiro atoms. The number of oxime groups is 1. The van der Waals surface area contributed by atoms with Gasteiger partial charge in [0.15, 0.2) is 12.1 Å². The highest BCUT2D eigenvalue weighted by atomic mass is 35.5. The molecule has 8 N–H and O–H groups in total. The Morgan fingerprint density at radius 1 is 1.18 bits per heavy atom. The van der Waals surface area contributed by atoms with Crippen LogP contribution in [0.2, 0.25) is 5.02 Å².